The summed E-state index contributed by atoms with van der Waals surface area (Å²) >= 11 is 0. The molecule has 0 spiro atoms. The van der Waals surface area contributed by atoms with Crippen molar-refractivity contribution in [1.82, 2.24) is 10.1 Å². The molecule has 0 saturated carbocycles. The van der Waals surface area contributed by atoms with Gasteiger partial charge < -0.3 is 14.0 Å². The van der Waals surface area contributed by atoms with E-state index in [1.165, 1.54) is 0 Å². The second kappa shape index (κ2) is 5.51. The van der Waals surface area contributed by atoms with Gasteiger partial charge in [-0.2, -0.15) is 0 Å². The molecule has 0 fully saturated rings. The maximum atomic E-state index is 11.9. The van der Waals surface area contributed by atoms with Crippen molar-refractivity contribution in [2.45, 2.75) is 13.8 Å². The summed E-state index contributed by atoms with van der Waals surface area (Å²) in [7, 11) is 1.55. The zero-order valence-corrected chi connectivity index (χ0v) is 11.0. The van der Waals surface area contributed by atoms with E-state index < -0.39 is 5.97 Å². The Morgan fingerprint density at radius 3 is 2.95 bits per heavy atom. The van der Waals surface area contributed by atoms with Gasteiger partial charge in [0, 0.05) is 12.3 Å². The van der Waals surface area contributed by atoms with Crippen molar-refractivity contribution in [3.05, 3.63) is 29.7 Å². The molecule has 0 unspecified atom stereocenters. The normalized spacial score (nSPS) is 10.3. The molecular weight excluding hydrogens is 248 g/mol. The van der Waals surface area contributed by atoms with Gasteiger partial charge in [-0.25, -0.2) is 4.79 Å². The number of pyridine rings is 1. The number of esters is 1. The maximum absolute atomic E-state index is 11.9. The summed E-state index contributed by atoms with van der Waals surface area (Å²) in [6, 6.07) is 3.39. The van der Waals surface area contributed by atoms with Crippen LogP contribution in [0, 0.1) is 6.92 Å². The van der Waals surface area contributed by atoms with E-state index in [4.69, 9.17) is 14.0 Å². The van der Waals surface area contributed by atoms with Gasteiger partial charge in [0.15, 0.2) is 0 Å². The maximum Gasteiger partial charge on any atom is 0.344 e. The number of methoxy groups -OCH3 is 1. The number of aryl methyl sites for hydroxylation is 1. The van der Waals surface area contributed by atoms with Crippen molar-refractivity contribution in [1.29, 1.82) is 0 Å². The van der Waals surface area contributed by atoms with Gasteiger partial charge in [0.1, 0.15) is 22.8 Å². The lowest BCUT2D eigenvalue weighted by Crippen LogP contribution is -2.07. The zero-order chi connectivity index (χ0) is 13.8. The first-order valence-electron chi connectivity index (χ1n) is 5.81. The summed E-state index contributed by atoms with van der Waals surface area (Å²) in [5, 5.41) is 3.87. The Hall–Kier alpha value is -2.37. The van der Waals surface area contributed by atoms with Gasteiger partial charge in [-0.3, -0.25) is 4.98 Å². The van der Waals surface area contributed by atoms with E-state index in [2.05, 4.69) is 10.1 Å². The van der Waals surface area contributed by atoms with Crippen molar-refractivity contribution in [3.63, 3.8) is 0 Å². The smallest absolute Gasteiger partial charge is 0.344 e. The van der Waals surface area contributed by atoms with Gasteiger partial charge in [0.25, 0.3) is 0 Å². The van der Waals surface area contributed by atoms with Crippen LogP contribution in [0.15, 0.2) is 22.9 Å². The number of carbonyl (C=O) groups is 1. The second-order valence-electron chi connectivity index (χ2n) is 3.76. The average Bonchev–Trinajstić information content (AvgIpc) is 2.81. The SMILES string of the molecule is CCOC(=O)c1c(-c2cc(OC)ccn2)noc1C. The first-order valence-corrected chi connectivity index (χ1v) is 5.81. The minimum atomic E-state index is -0.471. The third-order valence-corrected chi connectivity index (χ3v) is 2.55. The Labute approximate surface area is 110 Å². The number of hydrogen-bond donors (Lipinski definition) is 0. The van der Waals surface area contributed by atoms with Gasteiger partial charge >= 0.3 is 5.97 Å². The van der Waals surface area contributed by atoms with Crippen molar-refractivity contribution in [3.8, 4) is 17.1 Å². The van der Waals surface area contributed by atoms with Crippen LogP contribution < -0.4 is 4.74 Å². The molecule has 0 N–H and O–H groups in total. The molecule has 6 heteroatoms. The quantitative estimate of drug-likeness (QED) is 0.786. The number of ether oxygens (including phenoxy) is 2. The van der Waals surface area contributed by atoms with Gasteiger partial charge in [0.05, 0.1) is 19.4 Å². The molecule has 2 heterocycles. The minimum absolute atomic E-state index is 0.286. The lowest BCUT2D eigenvalue weighted by molar-refractivity contribution is 0.0525. The molecule has 2 rings (SSSR count). The van der Waals surface area contributed by atoms with Crippen LogP contribution in [0.3, 0.4) is 0 Å². The lowest BCUT2D eigenvalue weighted by atomic mass is 10.1. The van der Waals surface area contributed by atoms with E-state index in [1.807, 2.05) is 0 Å². The molecule has 0 aliphatic heterocycles. The standard InChI is InChI=1S/C13H14N2O4/c1-4-18-13(16)11-8(2)19-15-12(11)10-7-9(17-3)5-6-14-10/h5-7H,4H2,1-3H3. The Morgan fingerprint density at radius 2 is 2.26 bits per heavy atom. The molecule has 19 heavy (non-hydrogen) atoms. The molecule has 0 radical (unpaired) electrons. The summed E-state index contributed by atoms with van der Waals surface area (Å²) in [6.45, 7) is 3.68. The molecule has 0 saturated heterocycles. The number of carbonyl (C=O) groups excluding carboxylic acids is 1. The topological polar surface area (TPSA) is 74.5 Å². The Morgan fingerprint density at radius 1 is 1.47 bits per heavy atom. The van der Waals surface area contributed by atoms with Crippen molar-refractivity contribution in [2.75, 3.05) is 13.7 Å². The Bertz CT molecular complexity index is 592. The van der Waals surface area contributed by atoms with Crippen LogP contribution in [0.5, 0.6) is 5.75 Å². The predicted molar refractivity (Wildman–Crippen MR) is 67.0 cm³/mol. The van der Waals surface area contributed by atoms with Gasteiger partial charge in [-0.05, 0) is 19.9 Å². The first-order chi connectivity index (χ1) is 9.17. The highest BCUT2D eigenvalue weighted by Crippen LogP contribution is 2.26. The highest BCUT2D eigenvalue weighted by atomic mass is 16.5. The van der Waals surface area contributed by atoms with Crippen LogP contribution >= 0.6 is 0 Å². The summed E-state index contributed by atoms with van der Waals surface area (Å²) in [4.78, 5) is 16.1. The predicted octanol–water partition coefficient (Wildman–Crippen LogP) is 2.23. The fraction of sp³-hybridized carbons (Fsp3) is 0.308. The molecule has 0 aliphatic carbocycles. The van der Waals surface area contributed by atoms with E-state index in [0.29, 0.717) is 28.5 Å². The number of aromatic nitrogens is 2. The molecule has 6 nitrogen and oxygen atoms in total. The lowest BCUT2D eigenvalue weighted by Gasteiger charge is -2.03. The summed E-state index contributed by atoms with van der Waals surface area (Å²) < 4.78 is 15.2. The average molecular weight is 262 g/mol. The molecule has 0 amide bonds. The van der Waals surface area contributed by atoms with Crippen LogP contribution in [0.25, 0.3) is 11.4 Å². The molecule has 0 aromatic carbocycles. The highest BCUT2D eigenvalue weighted by Gasteiger charge is 2.23. The number of rotatable bonds is 4. The van der Waals surface area contributed by atoms with Crippen molar-refractivity contribution >= 4 is 5.97 Å². The van der Waals surface area contributed by atoms with Crippen LogP contribution in [0.1, 0.15) is 23.0 Å². The van der Waals surface area contributed by atoms with Gasteiger partial charge in [-0.15, -0.1) is 0 Å². The van der Waals surface area contributed by atoms with Crippen LogP contribution in [-0.2, 0) is 4.74 Å². The fourth-order valence-corrected chi connectivity index (χ4v) is 1.66. The highest BCUT2D eigenvalue weighted by molar-refractivity contribution is 5.96. The molecule has 0 aliphatic rings. The monoisotopic (exact) mass is 262 g/mol. The molecule has 100 valence electrons. The third kappa shape index (κ3) is 2.57. The summed E-state index contributed by atoms with van der Waals surface area (Å²) in [5.41, 5.74) is 1.15. The van der Waals surface area contributed by atoms with Crippen LogP contribution in [-0.4, -0.2) is 29.8 Å². The zero-order valence-electron chi connectivity index (χ0n) is 11.0. The van der Waals surface area contributed by atoms with E-state index in [1.54, 1.807) is 39.3 Å². The first kappa shape index (κ1) is 13.1. The molecular formula is C13H14N2O4. The van der Waals surface area contributed by atoms with E-state index in [-0.39, 0.29) is 6.61 Å². The minimum Gasteiger partial charge on any atom is -0.497 e. The molecule has 2 aromatic rings. The second-order valence-corrected chi connectivity index (χ2v) is 3.76. The van der Waals surface area contributed by atoms with Gasteiger partial charge in [0.2, 0.25) is 0 Å². The van der Waals surface area contributed by atoms with Crippen molar-refractivity contribution < 1.29 is 18.8 Å². The van der Waals surface area contributed by atoms with Crippen LogP contribution in [0.2, 0.25) is 0 Å². The largest absolute Gasteiger partial charge is 0.497 e. The number of hydrogen-bond acceptors (Lipinski definition) is 6. The molecule has 0 bridgehead atoms. The van der Waals surface area contributed by atoms with Gasteiger partial charge in [-0.1, -0.05) is 5.16 Å². The Balaban J connectivity index is 2.47. The number of nitrogens with zero attached hydrogens (tertiary/aromatic N) is 2. The van der Waals surface area contributed by atoms with Crippen LogP contribution in [0.4, 0.5) is 0 Å². The van der Waals surface area contributed by atoms with E-state index in [0.717, 1.165) is 0 Å². The Kier molecular flexibility index (Phi) is 3.79. The van der Waals surface area contributed by atoms with Crippen molar-refractivity contribution in [2.24, 2.45) is 0 Å². The van der Waals surface area contributed by atoms with E-state index >= 15 is 0 Å². The summed E-state index contributed by atoms with van der Waals surface area (Å²) in [5.74, 6) is 0.555. The third-order valence-electron chi connectivity index (χ3n) is 2.55. The fourth-order valence-electron chi connectivity index (χ4n) is 1.66. The molecule has 0 atom stereocenters. The summed E-state index contributed by atoms with van der Waals surface area (Å²) in [6.07, 6.45) is 1.58. The van der Waals surface area contributed by atoms with E-state index in [9.17, 15) is 4.79 Å². The molecule has 2 aromatic heterocycles.